The van der Waals surface area contributed by atoms with Crippen LogP contribution in [0.25, 0.3) is 6.08 Å². The van der Waals surface area contributed by atoms with E-state index in [9.17, 15) is 19.2 Å². The summed E-state index contributed by atoms with van der Waals surface area (Å²) >= 11 is 17.7. The molecule has 0 radical (unpaired) electrons. The van der Waals surface area contributed by atoms with E-state index in [0.717, 1.165) is 4.90 Å². The summed E-state index contributed by atoms with van der Waals surface area (Å²) < 4.78 is 10.9. The third-order valence-electron chi connectivity index (χ3n) is 5.25. The number of nitrogens with one attached hydrogen (secondary N) is 2. The van der Waals surface area contributed by atoms with E-state index in [1.165, 1.54) is 55.7 Å². The Labute approximate surface area is 231 Å². The Morgan fingerprint density at radius 1 is 0.947 bits per heavy atom. The number of carbonyl (C=O) groups excluding carboxylic acids is 4. The predicted molar refractivity (Wildman–Crippen MR) is 144 cm³/mol. The van der Waals surface area contributed by atoms with Crippen LogP contribution in [0.4, 0.5) is 16.2 Å². The minimum Gasteiger partial charge on any atom is -0.493 e. The maximum absolute atomic E-state index is 13.1. The quantitative estimate of drug-likeness (QED) is 0.291. The molecule has 3 aromatic rings. The number of benzene rings is 3. The van der Waals surface area contributed by atoms with E-state index in [1.807, 2.05) is 0 Å². The molecule has 0 unspecified atom stereocenters. The van der Waals surface area contributed by atoms with Gasteiger partial charge in [-0.25, -0.2) is 9.69 Å². The fourth-order valence-electron chi connectivity index (χ4n) is 3.46. The number of hydrogen-bond acceptors (Lipinski definition) is 6. The number of hydrogen-bond donors (Lipinski definition) is 2. The molecule has 12 heteroatoms. The number of amides is 5. The van der Waals surface area contributed by atoms with Crippen LogP contribution in [0.15, 0.2) is 66.2 Å². The van der Waals surface area contributed by atoms with Crippen molar-refractivity contribution in [3.63, 3.8) is 0 Å². The summed E-state index contributed by atoms with van der Waals surface area (Å²) in [5, 5.41) is 5.87. The van der Waals surface area contributed by atoms with Crippen LogP contribution in [0, 0.1) is 0 Å². The molecule has 0 bridgehead atoms. The molecule has 0 atom stereocenters. The topological polar surface area (TPSA) is 114 Å². The molecule has 3 aromatic carbocycles. The van der Waals surface area contributed by atoms with Gasteiger partial charge in [0.25, 0.3) is 17.7 Å². The highest BCUT2D eigenvalue weighted by atomic mass is 35.5. The zero-order valence-corrected chi connectivity index (χ0v) is 21.9. The van der Waals surface area contributed by atoms with Crippen molar-refractivity contribution in [2.75, 3.05) is 23.9 Å². The smallest absolute Gasteiger partial charge is 0.335 e. The molecule has 38 heavy (non-hydrogen) atoms. The normalized spacial score (nSPS) is 14.4. The highest BCUT2D eigenvalue weighted by Gasteiger charge is 2.36. The van der Waals surface area contributed by atoms with Crippen LogP contribution >= 0.6 is 34.8 Å². The standard InChI is InChI=1S/C26H18Cl3N3O6/c1-37-22-11-14(2-9-21(22)38-13-23(33)30-16-5-8-19(28)20(29)12-16)10-18-24(34)31-26(36)32(25(18)35)17-6-3-15(27)4-7-17/h2-12H,13H2,1H3,(H,30,33)(H,31,34,36)/b18-10-. The molecule has 2 N–H and O–H groups in total. The third kappa shape index (κ3) is 6.08. The fraction of sp³-hybridized carbons (Fsp3) is 0.0769. The van der Waals surface area contributed by atoms with Crippen molar-refractivity contribution in [1.29, 1.82) is 0 Å². The number of barbiturate groups is 1. The largest absolute Gasteiger partial charge is 0.493 e. The Kier molecular flexibility index (Phi) is 8.21. The molecule has 0 aliphatic carbocycles. The molecule has 9 nitrogen and oxygen atoms in total. The second kappa shape index (κ2) is 11.6. The van der Waals surface area contributed by atoms with Crippen molar-refractivity contribution in [1.82, 2.24) is 5.32 Å². The lowest BCUT2D eigenvalue weighted by molar-refractivity contribution is -0.122. The van der Waals surface area contributed by atoms with Crippen LogP contribution in [0.3, 0.4) is 0 Å². The lowest BCUT2D eigenvalue weighted by Gasteiger charge is -2.26. The van der Waals surface area contributed by atoms with Crippen LogP contribution in [-0.2, 0) is 14.4 Å². The Morgan fingerprint density at radius 3 is 2.37 bits per heavy atom. The van der Waals surface area contributed by atoms with Crippen LogP contribution in [0.5, 0.6) is 11.5 Å². The van der Waals surface area contributed by atoms with Gasteiger partial charge in [-0.2, -0.15) is 0 Å². The second-order valence-corrected chi connectivity index (χ2v) is 9.06. The summed E-state index contributed by atoms with van der Waals surface area (Å²) in [6.45, 7) is -0.337. The van der Waals surface area contributed by atoms with E-state index in [0.29, 0.717) is 26.3 Å². The lowest BCUT2D eigenvalue weighted by atomic mass is 10.1. The number of urea groups is 1. The lowest BCUT2D eigenvalue weighted by Crippen LogP contribution is -2.54. The Morgan fingerprint density at radius 2 is 1.68 bits per heavy atom. The molecule has 4 rings (SSSR count). The van der Waals surface area contributed by atoms with E-state index in [2.05, 4.69) is 10.6 Å². The average Bonchev–Trinajstić information content (AvgIpc) is 2.88. The van der Waals surface area contributed by atoms with Gasteiger partial charge in [0.2, 0.25) is 0 Å². The highest BCUT2D eigenvalue weighted by molar-refractivity contribution is 6.42. The molecule has 0 spiro atoms. The molecular weight excluding hydrogens is 557 g/mol. The van der Waals surface area contributed by atoms with Gasteiger partial charge >= 0.3 is 6.03 Å². The number of carbonyl (C=O) groups is 4. The summed E-state index contributed by atoms with van der Waals surface area (Å²) in [5.41, 5.74) is 0.842. The van der Waals surface area contributed by atoms with Crippen LogP contribution in [-0.4, -0.2) is 37.5 Å². The zero-order valence-electron chi connectivity index (χ0n) is 19.6. The van der Waals surface area contributed by atoms with Crippen LogP contribution in [0.2, 0.25) is 15.1 Å². The van der Waals surface area contributed by atoms with Gasteiger partial charge in [0, 0.05) is 10.7 Å². The van der Waals surface area contributed by atoms with E-state index in [4.69, 9.17) is 44.3 Å². The van der Waals surface area contributed by atoms with Gasteiger partial charge in [-0.05, 0) is 66.2 Å². The maximum Gasteiger partial charge on any atom is 0.335 e. The van der Waals surface area contributed by atoms with Gasteiger partial charge in [-0.1, -0.05) is 40.9 Å². The molecule has 1 aliphatic rings. The first-order chi connectivity index (χ1) is 18.2. The Bertz CT molecular complexity index is 1470. The summed E-state index contributed by atoms with van der Waals surface area (Å²) in [5.74, 6) is -1.61. The number of anilines is 2. The van der Waals surface area contributed by atoms with Crippen molar-refractivity contribution in [3.8, 4) is 11.5 Å². The Balaban J connectivity index is 1.50. The van der Waals surface area contributed by atoms with Crippen LogP contribution in [0.1, 0.15) is 5.56 Å². The number of imide groups is 2. The SMILES string of the molecule is COc1cc(/C=C2/C(=O)NC(=O)N(c3ccc(Cl)cc3)C2=O)ccc1OCC(=O)Nc1ccc(Cl)c(Cl)c1. The zero-order chi connectivity index (χ0) is 27.4. The number of methoxy groups -OCH3 is 1. The summed E-state index contributed by atoms with van der Waals surface area (Å²) in [6, 6.07) is 14.4. The number of halogens is 3. The second-order valence-electron chi connectivity index (χ2n) is 7.81. The minimum absolute atomic E-state index is 0.246. The van der Waals surface area contributed by atoms with Gasteiger partial charge in [0.1, 0.15) is 5.57 Å². The molecule has 1 fully saturated rings. The average molecular weight is 575 g/mol. The van der Waals surface area contributed by atoms with Gasteiger partial charge in [-0.3, -0.25) is 19.7 Å². The van der Waals surface area contributed by atoms with E-state index < -0.39 is 23.8 Å². The maximum atomic E-state index is 13.1. The summed E-state index contributed by atoms with van der Waals surface area (Å²) in [4.78, 5) is 51.0. The number of nitrogens with zero attached hydrogens (tertiary/aromatic N) is 1. The summed E-state index contributed by atoms with van der Waals surface area (Å²) in [7, 11) is 1.40. The van der Waals surface area contributed by atoms with Crippen molar-refractivity contribution in [3.05, 3.63) is 86.9 Å². The first-order valence-corrected chi connectivity index (χ1v) is 12.0. The van der Waals surface area contributed by atoms with Gasteiger partial charge < -0.3 is 14.8 Å². The highest BCUT2D eigenvalue weighted by Crippen LogP contribution is 2.30. The van der Waals surface area contributed by atoms with Crippen LogP contribution < -0.4 is 25.0 Å². The predicted octanol–water partition coefficient (Wildman–Crippen LogP) is 5.34. The number of ether oxygens (including phenoxy) is 2. The molecule has 1 aliphatic heterocycles. The van der Waals surface area contributed by atoms with Crippen molar-refractivity contribution < 1.29 is 28.7 Å². The molecule has 194 valence electrons. The Hall–Kier alpha value is -4.05. The summed E-state index contributed by atoms with van der Waals surface area (Å²) in [6.07, 6.45) is 1.32. The molecule has 1 heterocycles. The van der Waals surface area contributed by atoms with Crippen molar-refractivity contribution >= 4 is 76.0 Å². The van der Waals surface area contributed by atoms with E-state index in [1.54, 1.807) is 18.2 Å². The van der Waals surface area contributed by atoms with Crippen molar-refractivity contribution in [2.24, 2.45) is 0 Å². The fourth-order valence-corrected chi connectivity index (χ4v) is 3.88. The monoisotopic (exact) mass is 573 g/mol. The molecule has 5 amide bonds. The molecule has 1 saturated heterocycles. The molecule has 0 saturated carbocycles. The van der Waals surface area contributed by atoms with Crippen molar-refractivity contribution in [2.45, 2.75) is 0 Å². The van der Waals surface area contributed by atoms with Gasteiger partial charge in [0.05, 0.1) is 22.8 Å². The number of rotatable bonds is 7. The van der Waals surface area contributed by atoms with E-state index >= 15 is 0 Å². The van der Waals surface area contributed by atoms with Gasteiger partial charge in [0.15, 0.2) is 18.1 Å². The van der Waals surface area contributed by atoms with E-state index in [-0.39, 0.29) is 29.4 Å². The first kappa shape index (κ1) is 27.0. The minimum atomic E-state index is -0.875. The molecular formula is C26H18Cl3N3O6. The first-order valence-electron chi connectivity index (χ1n) is 10.9. The molecule has 0 aromatic heterocycles. The third-order valence-corrected chi connectivity index (χ3v) is 6.24. The van der Waals surface area contributed by atoms with Gasteiger partial charge in [-0.15, -0.1) is 0 Å².